The van der Waals surface area contributed by atoms with Gasteiger partial charge in [-0.3, -0.25) is 24.0 Å². The third-order valence-corrected chi connectivity index (χ3v) is 16.8. The summed E-state index contributed by atoms with van der Waals surface area (Å²) < 4.78 is 0. The molecule has 0 aromatic heterocycles. The van der Waals surface area contributed by atoms with Gasteiger partial charge in [-0.05, 0) is 114 Å². The third-order valence-electron chi connectivity index (χ3n) is 16.8. The predicted molar refractivity (Wildman–Crippen MR) is 401 cm³/mol. The Labute approximate surface area is 594 Å². The first-order valence-electron chi connectivity index (χ1n) is 34.9. The molecule has 0 aliphatic rings. The van der Waals surface area contributed by atoms with Crippen molar-refractivity contribution in [1.29, 1.82) is 0 Å². The number of hydrogen-bond donors (Lipinski definition) is 5. The highest BCUT2D eigenvalue weighted by Crippen LogP contribution is 2.19. The van der Waals surface area contributed by atoms with Crippen LogP contribution in [0.25, 0.3) is 0 Å². The average molecular weight is 1360 g/mol. The topological polar surface area (TPSA) is 301 Å². The van der Waals surface area contributed by atoms with E-state index in [0.29, 0.717) is 69.6 Å². The minimum absolute atomic E-state index is 0.0123. The van der Waals surface area contributed by atoms with Crippen LogP contribution >= 0.6 is 0 Å². The van der Waals surface area contributed by atoms with E-state index in [1.54, 1.807) is 0 Å². The second-order valence-electron chi connectivity index (χ2n) is 27.1. The van der Waals surface area contributed by atoms with Gasteiger partial charge in [0, 0.05) is 61.7 Å². The molecular formula is C85H109N5O10. The van der Waals surface area contributed by atoms with Crippen molar-refractivity contribution >= 4 is 60.3 Å². The SMILES string of the molecule is CC(C)CC(N)C(=O)CC(C=O)Cc1ccccc1.CC(C)C[C@H](N)C(=O)C[C@H](C=O)Cc1ccccc1.CC(C)[C@H](N)C(=O)C[C@H](C=O)Cc1ccccc1.NC(Cc1ccccc1)C(=O)CC(C=O)Cc1ccccc1.N[C@@H](Cc1ccccc1)C(=O)C[C@H](C=O)Cc1ccccc1. The fourth-order valence-corrected chi connectivity index (χ4v) is 11.1. The molecule has 0 saturated carbocycles. The van der Waals surface area contributed by atoms with Crippen LogP contribution in [0.2, 0.25) is 0 Å². The van der Waals surface area contributed by atoms with E-state index in [-0.39, 0.29) is 96.5 Å². The van der Waals surface area contributed by atoms with E-state index in [1.165, 1.54) is 0 Å². The number of carbonyl (C=O) groups is 10. The van der Waals surface area contributed by atoms with Crippen LogP contribution in [0.5, 0.6) is 0 Å². The Bertz CT molecular complexity index is 3240. The molecule has 7 rings (SSSR count). The Hall–Kier alpha value is -8.96. The Kier molecular flexibility index (Phi) is 42.2. The first-order chi connectivity index (χ1) is 48.0. The zero-order chi connectivity index (χ0) is 73.6. The van der Waals surface area contributed by atoms with Crippen LogP contribution in [0, 0.1) is 47.3 Å². The maximum Gasteiger partial charge on any atom is 0.150 e. The number of carbonyl (C=O) groups excluding carboxylic acids is 10. The first kappa shape index (κ1) is 85.3. The number of rotatable bonds is 39. The van der Waals surface area contributed by atoms with Crippen molar-refractivity contribution in [1.82, 2.24) is 0 Å². The maximum absolute atomic E-state index is 12.2. The lowest BCUT2D eigenvalue weighted by Crippen LogP contribution is -2.36. The van der Waals surface area contributed by atoms with Crippen LogP contribution < -0.4 is 28.7 Å². The van der Waals surface area contributed by atoms with E-state index in [2.05, 4.69) is 0 Å². The van der Waals surface area contributed by atoms with Gasteiger partial charge in [0.05, 0.1) is 30.2 Å². The monoisotopic (exact) mass is 1360 g/mol. The van der Waals surface area contributed by atoms with E-state index in [0.717, 1.165) is 70.4 Å². The van der Waals surface area contributed by atoms with Crippen molar-refractivity contribution < 1.29 is 47.9 Å². The zero-order valence-corrected chi connectivity index (χ0v) is 59.5. The van der Waals surface area contributed by atoms with Gasteiger partial charge >= 0.3 is 0 Å². The largest absolute Gasteiger partial charge is 0.322 e. The molecule has 0 fully saturated rings. The van der Waals surface area contributed by atoms with Gasteiger partial charge in [-0.2, -0.15) is 0 Å². The molecule has 10 N–H and O–H groups in total. The maximum atomic E-state index is 12.2. The average Bonchev–Trinajstić information content (AvgIpc) is 1.01. The predicted octanol–water partition coefficient (Wildman–Crippen LogP) is 11.9. The van der Waals surface area contributed by atoms with Gasteiger partial charge in [-0.15, -0.1) is 0 Å². The number of ketones is 5. The normalized spacial score (nSPS) is 13.8. The molecule has 7 aromatic rings. The molecule has 4 unspecified atom stereocenters. The second-order valence-corrected chi connectivity index (χ2v) is 27.1. The van der Waals surface area contributed by atoms with Crippen LogP contribution in [0.15, 0.2) is 212 Å². The van der Waals surface area contributed by atoms with Gasteiger partial charge in [0.15, 0.2) is 17.3 Å². The highest BCUT2D eigenvalue weighted by atomic mass is 16.2. The Morgan fingerprint density at radius 2 is 0.430 bits per heavy atom. The smallest absolute Gasteiger partial charge is 0.150 e. The van der Waals surface area contributed by atoms with E-state index >= 15 is 0 Å². The summed E-state index contributed by atoms with van der Waals surface area (Å²) in [5.41, 5.74) is 36.9. The molecule has 0 heterocycles. The summed E-state index contributed by atoms with van der Waals surface area (Å²) in [5, 5.41) is 0. The molecule has 10 atom stereocenters. The molecule has 0 saturated heterocycles. The molecule has 0 aliphatic heterocycles. The van der Waals surface area contributed by atoms with Crippen LogP contribution in [-0.4, -0.2) is 90.6 Å². The molecule has 15 heteroatoms. The van der Waals surface area contributed by atoms with Gasteiger partial charge in [0.25, 0.3) is 0 Å². The van der Waals surface area contributed by atoms with Crippen LogP contribution in [-0.2, 0) is 92.9 Å². The summed E-state index contributed by atoms with van der Waals surface area (Å²) in [6, 6.07) is 65.5. The number of Topliss-reactive ketones (excluding diaryl/α,β-unsaturated/α-hetero) is 5. The molecule has 100 heavy (non-hydrogen) atoms. The molecule has 0 bridgehead atoms. The molecule has 0 aliphatic carbocycles. The first-order valence-corrected chi connectivity index (χ1v) is 34.9. The van der Waals surface area contributed by atoms with Crippen molar-refractivity contribution in [3.05, 3.63) is 251 Å². The van der Waals surface area contributed by atoms with Crippen molar-refractivity contribution in [3.8, 4) is 0 Å². The molecule has 15 nitrogen and oxygen atoms in total. The Balaban J connectivity index is 0.000000326. The van der Waals surface area contributed by atoms with Gasteiger partial charge < -0.3 is 52.6 Å². The van der Waals surface area contributed by atoms with E-state index < -0.39 is 30.2 Å². The number of nitrogens with two attached hydrogens (primary N) is 5. The van der Waals surface area contributed by atoms with Gasteiger partial charge in [-0.25, -0.2) is 0 Å². The minimum Gasteiger partial charge on any atom is -0.322 e. The van der Waals surface area contributed by atoms with E-state index in [9.17, 15) is 47.9 Å². The number of benzene rings is 7. The van der Waals surface area contributed by atoms with Crippen molar-refractivity contribution in [2.75, 3.05) is 0 Å². The summed E-state index contributed by atoms with van der Waals surface area (Å²) in [7, 11) is 0. The number of aldehydes is 5. The molecular weight excluding hydrogens is 1250 g/mol. The molecule has 0 spiro atoms. The third kappa shape index (κ3) is 36.7. The Morgan fingerprint density at radius 1 is 0.260 bits per heavy atom. The summed E-state index contributed by atoms with van der Waals surface area (Å²) in [4.78, 5) is 116. The molecule has 7 aromatic carbocycles. The quantitative estimate of drug-likeness (QED) is 0.0224. The van der Waals surface area contributed by atoms with E-state index in [1.807, 2.05) is 254 Å². The standard InChI is InChI=1S/2C19H21NO2.2C16H23NO2.C15H21NO2/c2*20-18(12-16-9-5-2-6-10-16)19(22)13-17(14-21)11-15-7-3-1-4-8-15;2*1-12(2)8-15(17)16(19)10-14(11-18)9-13-6-4-3-5-7-13;1-11(2)15(16)14(18)9-13(10-17)8-12-6-4-3-5-7-12/h2*1-10,14,17-18H,11-13,20H2;2*3-7,11-12,14-15H,8-10,17H2,1-2H3;3-7,10-11,13,15H,8-9,16H2,1-2H3/t17-,18+;;14-,15+;;13-,15+/m1.1.1/s1. The summed E-state index contributed by atoms with van der Waals surface area (Å²) >= 11 is 0. The van der Waals surface area contributed by atoms with Gasteiger partial charge in [-0.1, -0.05) is 254 Å². The molecule has 0 radical (unpaired) electrons. The van der Waals surface area contributed by atoms with Crippen LogP contribution in [0.1, 0.15) is 125 Å². The lowest BCUT2D eigenvalue weighted by atomic mass is 9.90. The summed E-state index contributed by atoms with van der Waals surface area (Å²) in [6.45, 7) is 12.0. The fourth-order valence-electron chi connectivity index (χ4n) is 11.1. The minimum atomic E-state index is -0.555. The second kappa shape index (κ2) is 49.5. The van der Waals surface area contributed by atoms with Crippen molar-refractivity contribution in [2.45, 2.75) is 162 Å². The molecule has 534 valence electrons. The highest BCUT2D eigenvalue weighted by Gasteiger charge is 2.25. The molecule has 0 amide bonds. The van der Waals surface area contributed by atoms with Crippen molar-refractivity contribution in [3.63, 3.8) is 0 Å². The van der Waals surface area contributed by atoms with Crippen molar-refractivity contribution in [2.24, 2.45) is 76.0 Å². The van der Waals surface area contributed by atoms with E-state index in [4.69, 9.17) is 28.7 Å². The lowest BCUT2D eigenvalue weighted by molar-refractivity contribution is -0.124. The van der Waals surface area contributed by atoms with Gasteiger partial charge in [0.1, 0.15) is 43.0 Å². The number of hydrogen-bond acceptors (Lipinski definition) is 15. The summed E-state index contributed by atoms with van der Waals surface area (Å²) in [5.74, 6) is -0.707. The zero-order valence-electron chi connectivity index (χ0n) is 59.5. The van der Waals surface area contributed by atoms with Crippen LogP contribution in [0.3, 0.4) is 0 Å². The Morgan fingerprint density at radius 3 is 0.600 bits per heavy atom. The fraction of sp³-hybridized carbons (Fsp3) is 0.388. The van der Waals surface area contributed by atoms with Crippen LogP contribution in [0.4, 0.5) is 0 Å². The highest BCUT2D eigenvalue weighted by molar-refractivity contribution is 5.88. The summed E-state index contributed by atoms with van der Waals surface area (Å²) in [6.07, 6.45) is 10.8. The van der Waals surface area contributed by atoms with Gasteiger partial charge in [0.2, 0.25) is 0 Å². The lowest BCUT2D eigenvalue weighted by Gasteiger charge is -2.16.